The predicted octanol–water partition coefficient (Wildman–Crippen LogP) is 6.76. The van der Waals surface area contributed by atoms with Crippen molar-refractivity contribution in [2.75, 3.05) is 18.8 Å². The lowest BCUT2D eigenvalue weighted by atomic mass is 10.2. The summed E-state index contributed by atoms with van der Waals surface area (Å²) in [5.41, 5.74) is 4.63. The number of halogens is 6. The van der Waals surface area contributed by atoms with E-state index in [1.807, 2.05) is 5.01 Å². The van der Waals surface area contributed by atoms with E-state index < -0.39 is 34.9 Å². The molecule has 0 aliphatic carbocycles. The number of alkyl halides is 3. The summed E-state index contributed by atoms with van der Waals surface area (Å²) in [6.07, 6.45) is -3.22. The molecule has 1 aliphatic rings. The first-order chi connectivity index (χ1) is 18.8. The second-order valence-electron chi connectivity index (χ2n) is 9.38. The van der Waals surface area contributed by atoms with E-state index in [1.54, 1.807) is 41.8 Å². The van der Waals surface area contributed by atoms with Gasteiger partial charge in [-0.05, 0) is 68.7 Å². The van der Waals surface area contributed by atoms with Crippen molar-refractivity contribution in [2.24, 2.45) is 0 Å². The number of hydrazine groups is 1. The fourth-order valence-corrected chi connectivity index (χ4v) is 5.85. The van der Waals surface area contributed by atoms with Crippen molar-refractivity contribution in [1.82, 2.24) is 20.0 Å². The third-order valence-electron chi connectivity index (χ3n) is 6.28. The minimum absolute atomic E-state index is 0. The maximum atomic E-state index is 13.2. The molecule has 4 rings (SSSR count). The lowest BCUT2D eigenvalue weighted by Crippen LogP contribution is -2.45. The summed E-state index contributed by atoms with van der Waals surface area (Å²) in [5.74, 6) is -0.864. The lowest BCUT2D eigenvalue weighted by molar-refractivity contribution is -0.134. The highest BCUT2D eigenvalue weighted by Gasteiger charge is 2.28. The molecule has 15 heteroatoms. The van der Waals surface area contributed by atoms with Crippen LogP contribution in [0.5, 0.6) is 5.75 Å². The van der Waals surface area contributed by atoms with Crippen molar-refractivity contribution in [3.63, 3.8) is 0 Å². The van der Waals surface area contributed by atoms with Crippen LogP contribution in [0.2, 0.25) is 10.0 Å². The second kappa shape index (κ2) is 13.6. The molecule has 0 unspecified atom stereocenters. The van der Waals surface area contributed by atoms with Gasteiger partial charge >= 0.3 is 16.3 Å². The molecule has 3 aromatic rings. The quantitative estimate of drug-likeness (QED) is 0.256. The van der Waals surface area contributed by atoms with E-state index in [0.29, 0.717) is 32.8 Å². The number of nitrogens with zero attached hydrogens (tertiary/aromatic N) is 3. The summed E-state index contributed by atoms with van der Waals surface area (Å²) in [7, 11) is -4.23. The van der Waals surface area contributed by atoms with Crippen molar-refractivity contribution < 1.29 is 30.6 Å². The molecular weight excluding hydrogens is 628 g/mol. The molecule has 0 atom stereocenters. The van der Waals surface area contributed by atoms with Gasteiger partial charge in [-0.1, -0.05) is 29.6 Å². The molecule has 41 heavy (non-hydrogen) atoms. The maximum Gasteiger partial charge on any atom is 0.389 e. The molecule has 0 bridgehead atoms. The molecule has 2 heterocycles. The van der Waals surface area contributed by atoms with Gasteiger partial charge in [-0.15, -0.1) is 12.4 Å². The number of rotatable bonds is 9. The third-order valence-corrected chi connectivity index (χ3v) is 8.07. The van der Waals surface area contributed by atoms with Crippen LogP contribution in [0.4, 0.5) is 13.2 Å². The second-order valence-corrected chi connectivity index (χ2v) is 11.9. The highest BCUT2D eigenvalue weighted by atomic mass is 35.5. The molecule has 8 nitrogen and oxygen atoms in total. The molecule has 0 radical (unpaired) electrons. The number of imidazole rings is 1. The Balaban J connectivity index is 0.00000462. The van der Waals surface area contributed by atoms with E-state index in [0.717, 1.165) is 32.4 Å². The Hall–Kier alpha value is -2.51. The summed E-state index contributed by atoms with van der Waals surface area (Å²) in [6, 6.07) is 10.7. The van der Waals surface area contributed by atoms with Gasteiger partial charge in [0.15, 0.2) is 5.69 Å². The van der Waals surface area contributed by atoms with Gasteiger partial charge in [-0.2, -0.15) is 21.6 Å². The Labute approximate surface area is 252 Å². The highest BCUT2D eigenvalue weighted by Crippen LogP contribution is 2.34. The number of carbonyl (C=O) groups is 1. The number of nitrogens with one attached hydrogen (secondary N) is 1. The Morgan fingerprint density at radius 2 is 1.73 bits per heavy atom. The molecule has 1 aromatic heterocycles. The van der Waals surface area contributed by atoms with Crippen molar-refractivity contribution in [2.45, 2.75) is 45.2 Å². The topological polar surface area (TPSA) is 93.5 Å². The van der Waals surface area contributed by atoms with Crippen LogP contribution in [0, 0.1) is 6.92 Å². The Kier molecular flexibility index (Phi) is 11.0. The van der Waals surface area contributed by atoms with Gasteiger partial charge in [0.2, 0.25) is 0 Å². The van der Waals surface area contributed by atoms with E-state index in [1.165, 1.54) is 12.1 Å². The number of hydrogen-bond donors (Lipinski definition) is 1. The number of piperidine rings is 1. The van der Waals surface area contributed by atoms with Gasteiger partial charge in [0.05, 0.1) is 16.5 Å². The number of hydrogen-bond acceptors (Lipinski definition) is 6. The van der Waals surface area contributed by atoms with Crippen LogP contribution in [0.3, 0.4) is 0 Å². The first-order valence-corrected chi connectivity index (χ1v) is 14.9. The molecule has 1 amide bonds. The zero-order valence-corrected chi connectivity index (χ0v) is 25.0. The first-order valence-electron chi connectivity index (χ1n) is 12.5. The Morgan fingerprint density at radius 1 is 1.07 bits per heavy atom. The summed E-state index contributed by atoms with van der Waals surface area (Å²) in [6.45, 7) is 3.20. The summed E-state index contributed by atoms with van der Waals surface area (Å²) in [5, 5.41) is 2.59. The van der Waals surface area contributed by atoms with Gasteiger partial charge in [0, 0.05) is 35.8 Å². The fourth-order valence-electron chi connectivity index (χ4n) is 4.37. The zero-order chi connectivity index (χ0) is 29.1. The largest absolute Gasteiger partial charge is 0.389 e. The molecular formula is C26H28Cl3F3N4O4S. The first kappa shape index (κ1) is 33.0. The lowest BCUT2D eigenvalue weighted by Gasteiger charge is -2.26. The standard InChI is InChI=1S/C26H27Cl2F3N4O4S.ClH/c1-17-23(25(36)33-34-13-3-2-4-14-34)32-24(21-11-6-18(27)16-22(21)28)35(17)19-7-9-20(10-8-19)39-40(37,38)15-5-12-26(29,30)31;/h6-11,16H,2-5,12-15H2,1H3,(H,33,36);1H. The van der Waals surface area contributed by atoms with Gasteiger partial charge in [0.25, 0.3) is 5.91 Å². The minimum atomic E-state index is -4.45. The van der Waals surface area contributed by atoms with E-state index >= 15 is 0 Å². The molecule has 1 aliphatic heterocycles. The highest BCUT2D eigenvalue weighted by molar-refractivity contribution is 7.87. The van der Waals surface area contributed by atoms with Crippen LogP contribution < -0.4 is 9.61 Å². The SMILES string of the molecule is Cc1c(C(=O)NN2CCCCC2)nc(-c2ccc(Cl)cc2Cl)n1-c1ccc(OS(=O)(=O)CCCC(F)(F)F)cc1.Cl. The normalized spacial score (nSPS) is 14.4. The fraction of sp³-hybridized carbons (Fsp3) is 0.385. The van der Waals surface area contributed by atoms with Gasteiger partial charge in [0.1, 0.15) is 11.6 Å². The van der Waals surface area contributed by atoms with Crippen molar-refractivity contribution in [1.29, 1.82) is 0 Å². The molecule has 1 N–H and O–H groups in total. The molecule has 224 valence electrons. The van der Waals surface area contributed by atoms with Crippen LogP contribution in [0.1, 0.15) is 48.3 Å². The molecule has 0 saturated carbocycles. The summed E-state index contributed by atoms with van der Waals surface area (Å²) >= 11 is 12.6. The third kappa shape index (κ3) is 8.74. The summed E-state index contributed by atoms with van der Waals surface area (Å²) < 4.78 is 68.1. The average Bonchev–Trinajstić information content (AvgIpc) is 3.20. The maximum absolute atomic E-state index is 13.2. The monoisotopic (exact) mass is 654 g/mol. The summed E-state index contributed by atoms with van der Waals surface area (Å²) in [4.78, 5) is 17.8. The number of carbonyl (C=O) groups excluding carboxylic acids is 1. The van der Waals surface area contributed by atoms with Crippen LogP contribution >= 0.6 is 35.6 Å². The smallest absolute Gasteiger partial charge is 0.382 e. The van der Waals surface area contributed by atoms with Gasteiger partial charge in [-0.25, -0.2) is 9.99 Å². The number of amides is 1. The molecule has 0 spiro atoms. The zero-order valence-electron chi connectivity index (χ0n) is 21.9. The van der Waals surface area contributed by atoms with Gasteiger partial charge < -0.3 is 4.18 Å². The van der Waals surface area contributed by atoms with Gasteiger partial charge in [-0.3, -0.25) is 14.8 Å². The van der Waals surface area contributed by atoms with E-state index in [4.69, 9.17) is 27.4 Å². The predicted molar refractivity (Wildman–Crippen MR) is 154 cm³/mol. The number of aromatic nitrogens is 2. The average molecular weight is 656 g/mol. The van der Waals surface area contributed by atoms with Crippen LogP contribution in [0.25, 0.3) is 17.1 Å². The van der Waals surface area contributed by atoms with Crippen molar-refractivity contribution >= 4 is 51.6 Å². The Morgan fingerprint density at radius 3 is 2.34 bits per heavy atom. The molecule has 1 fully saturated rings. The van der Waals surface area contributed by atoms with E-state index in [2.05, 4.69) is 10.4 Å². The molecule has 1 saturated heterocycles. The Bertz CT molecular complexity index is 1480. The van der Waals surface area contributed by atoms with Crippen LogP contribution in [0.15, 0.2) is 42.5 Å². The van der Waals surface area contributed by atoms with Crippen molar-refractivity contribution in [3.05, 3.63) is 63.9 Å². The number of benzene rings is 2. The van der Waals surface area contributed by atoms with Crippen LogP contribution in [-0.2, 0) is 10.1 Å². The van der Waals surface area contributed by atoms with Crippen molar-refractivity contribution in [3.8, 4) is 22.8 Å². The van der Waals surface area contributed by atoms with Crippen LogP contribution in [-0.4, -0.2) is 53.9 Å². The van der Waals surface area contributed by atoms with E-state index in [9.17, 15) is 26.4 Å². The molecule has 2 aromatic carbocycles. The van der Waals surface area contributed by atoms with E-state index in [-0.39, 0.29) is 29.8 Å². The minimum Gasteiger partial charge on any atom is -0.382 e.